The van der Waals surface area contributed by atoms with E-state index in [2.05, 4.69) is 4.90 Å². The zero-order valence-electron chi connectivity index (χ0n) is 11.9. The highest BCUT2D eigenvalue weighted by molar-refractivity contribution is 6.30. The highest BCUT2D eigenvalue weighted by Gasteiger charge is 2.24. The van der Waals surface area contributed by atoms with Crippen molar-refractivity contribution in [3.8, 4) is 0 Å². The highest BCUT2D eigenvalue weighted by Crippen LogP contribution is 2.21. The van der Waals surface area contributed by atoms with Crippen molar-refractivity contribution in [3.05, 3.63) is 52.9 Å². The summed E-state index contributed by atoms with van der Waals surface area (Å²) in [6, 6.07) is 11.4. The summed E-state index contributed by atoms with van der Waals surface area (Å²) in [5.74, 6) is 1.15. The summed E-state index contributed by atoms with van der Waals surface area (Å²) in [7, 11) is 0. The van der Waals surface area contributed by atoms with Crippen molar-refractivity contribution in [2.75, 3.05) is 31.1 Å². The van der Waals surface area contributed by atoms with Gasteiger partial charge >= 0.3 is 0 Å². The van der Waals surface area contributed by atoms with E-state index in [9.17, 15) is 4.79 Å². The topological polar surface area (TPSA) is 36.7 Å². The molecule has 0 aliphatic carbocycles. The monoisotopic (exact) mass is 304 g/mol. The Bertz CT molecular complexity index is 645. The lowest BCUT2D eigenvalue weighted by Gasteiger charge is -2.35. The molecule has 0 radical (unpaired) electrons. The van der Waals surface area contributed by atoms with Crippen molar-refractivity contribution in [1.29, 1.82) is 0 Å². The minimum atomic E-state index is -0.0335. The smallest absolute Gasteiger partial charge is 0.289 e. The van der Waals surface area contributed by atoms with Crippen molar-refractivity contribution >= 4 is 23.2 Å². The second-order valence-corrected chi connectivity index (χ2v) is 5.61. The molecule has 1 amide bonds. The molecule has 0 N–H and O–H groups in total. The van der Waals surface area contributed by atoms with E-state index < -0.39 is 0 Å². The number of carbonyl (C=O) groups excluding carboxylic acids is 1. The van der Waals surface area contributed by atoms with Gasteiger partial charge in [-0.05, 0) is 37.3 Å². The standard InChI is InChI=1S/C16H17ClN2O2/c1-12-5-6-15(21-12)16(20)19-9-7-18(8-10-19)14-4-2-3-13(17)11-14/h2-6,11H,7-10H2,1H3. The van der Waals surface area contributed by atoms with E-state index in [1.54, 1.807) is 6.07 Å². The first kappa shape index (κ1) is 14.0. The lowest BCUT2D eigenvalue weighted by Crippen LogP contribution is -2.48. The molecule has 1 aliphatic heterocycles. The Balaban J connectivity index is 1.64. The Morgan fingerprint density at radius 1 is 1.14 bits per heavy atom. The maximum Gasteiger partial charge on any atom is 0.289 e. The first-order chi connectivity index (χ1) is 10.1. The van der Waals surface area contributed by atoms with Crippen molar-refractivity contribution in [2.24, 2.45) is 0 Å². The third-order valence-electron chi connectivity index (χ3n) is 3.69. The number of hydrogen-bond acceptors (Lipinski definition) is 3. The van der Waals surface area contributed by atoms with Gasteiger partial charge < -0.3 is 14.2 Å². The number of hydrogen-bond donors (Lipinski definition) is 0. The summed E-state index contributed by atoms with van der Waals surface area (Å²) in [5.41, 5.74) is 1.10. The van der Waals surface area contributed by atoms with Gasteiger partial charge in [0.1, 0.15) is 5.76 Å². The molecule has 2 aromatic rings. The number of halogens is 1. The normalized spacial score (nSPS) is 15.3. The van der Waals surface area contributed by atoms with Gasteiger partial charge in [-0.3, -0.25) is 4.79 Å². The van der Waals surface area contributed by atoms with Crippen molar-refractivity contribution in [1.82, 2.24) is 4.90 Å². The second kappa shape index (κ2) is 5.82. The molecule has 5 heteroatoms. The molecule has 21 heavy (non-hydrogen) atoms. The maximum absolute atomic E-state index is 12.3. The predicted octanol–water partition coefficient (Wildman–Crippen LogP) is 3.20. The molecule has 0 unspecified atom stereocenters. The Morgan fingerprint density at radius 2 is 1.90 bits per heavy atom. The third-order valence-corrected chi connectivity index (χ3v) is 3.93. The molecule has 1 aliphatic rings. The van der Waals surface area contributed by atoms with Crippen LogP contribution in [0.25, 0.3) is 0 Å². The van der Waals surface area contributed by atoms with Crippen molar-refractivity contribution < 1.29 is 9.21 Å². The molecule has 3 rings (SSSR count). The van der Waals surface area contributed by atoms with Gasteiger partial charge in [-0.1, -0.05) is 17.7 Å². The largest absolute Gasteiger partial charge is 0.456 e. The van der Waals surface area contributed by atoms with E-state index >= 15 is 0 Å². The molecule has 1 aromatic heterocycles. The molecule has 1 saturated heterocycles. The molecule has 1 aromatic carbocycles. The van der Waals surface area contributed by atoms with Crippen LogP contribution in [0.2, 0.25) is 5.02 Å². The first-order valence-electron chi connectivity index (χ1n) is 7.00. The number of nitrogens with zero attached hydrogens (tertiary/aromatic N) is 2. The minimum absolute atomic E-state index is 0.0335. The molecule has 0 atom stereocenters. The van der Waals surface area contributed by atoms with Crippen LogP contribution in [0.1, 0.15) is 16.3 Å². The fraction of sp³-hybridized carbons (Fsp3) is 0.312. The summed E-state index contributed by atoms with van der Waals surface area (Å²) >= 11 is 6.02. The Hall–Kier alpha value is -1.94. The van der Waals surface area contributed by atoms with Crippen molar-refractivity contribution in [3.63, 3.8) is 0 Å². The van der Waals surface area contributed by atoms with Gasteiger partial charge in [0, 0.05) is 36.9 Å². The van der Waals surface area contributed by atoms with Crippen LogP contribution < -0.4 is 4.90 Å². The number of benzene rings is 1. The summed E-state index contributed by atoms with van der Waals surface area (Å²) in [4.78, 5) is 16.4. The van der Waals surface area contributed by atoms with Gasteiger partial charge in [0.2, 0.25) is 0 Å². The van der Waals surface area contributed by atoms with Crippen LogP contribution in [0.4, 0.5) is 5.69 Å². The van der Waals surface area contributed by atoms with Gasteiger partial charge in [-0.15, -0.1) is 0 Å². The van der Waals surface area contributed by atoms with E-state index in [1.807, 2.05) is 42.2 Å². The number of aryl methyl sites for hydroxylation is 1. The number of piperazine rings is 1. The number of carbonyl (C=O) groups is 1. The molecular weight excluding hydrogens is 288 g/mol. The SMILES string of the molecule is Cc1ccc(C(=O)N2CCN(c3cccc(Cl)c3)CC2)o1. The van der Waals surface area contributed by atoms with Crippen LogP contribution >= 0.6 is 11.6 Å². The average molecular weight is 305 g/mol. The fourth-order valence-corrected chi connectivity index (χ4v) is 2.73. The van der Waals surface area contributed by atoms with Gasteiger partial charge in [-0.2, -0.15) is 0 Å². The van der Waals surface area contributed by atoms with Crippen LogP contribution in [0, 0.1) is 6.92 Å². The van der Waals surface area contributed by atoms with Gasteiger partial charge in [-0.25, -0.2) is 0 Å². The second-order valence-electron chi connectivity index (χ2n) is 5.17. The fourth-order valence-electron chi connectivity index (χ4n) is 2.55. The Morgan fingerprint density at radius 3 is 2.52 bits per heavy atom. The lowest BCUT2D eigenvalue weighted by molar-refractivity contribution is 0.0713. The molecule has 0 saturated carbocycles. The van der Waals surface area contributed by atoms with E-state index in [-0.39, 0.29) is 5.91 Å². The number of amides is 1. The average Bonchev–Trinajstić information content (AvgIpc) is 2.93. The predicted molar refractivity (Wildman–Crippen MR) is 83.0 cm³/mol. The van der Waals surface area contributed by atoms with Crippen LogP contribution in [0.3, 0.4) is 0 Å². The molecule has 0 bridgehead atoms. The zero-order chi connectivity index (χ0) is 14.8. The Labute approximate surface area is 128 Å². The van der Waals surface area contributed by atoms with E-state index in [0.717, 1.165) is 29.6 Å². The molecule has 110 valence electrons. The molecule has 4 nitrogen and oxygen atoms in total. The molecule has 1 fully saturated rings. The third kappa shape index (κ3) is 3.05. The quantitative estimate of drug-likeness (QED) is 0.855. The van der Waals surface area contributed by atoms with Gasteiger partial charge in [0.25, 0.3) is 5.91 Å². The number of anilines is 1. The molecule has 0 spiro atoms. The van der Waals surface area contributed by atoms with Crippen LogP contribution in [-0.4, -0.2) is 37.0 Å². The number of furan rings is 1. The summed E-state index contributed by atoms with van der Waals surface area (Å²) in [6.45, 7) is 4.81. The zero-order valence-corrected chi connectivity index (χ0v) is 12.6. The maximum atomic E-state index is 12.3. The summed E-state index contributed by atoms with van der Waals surface area (Å²) < 4.78 is 5.40. The lowest BCUT2D eigenvalue weighted by atomic mass is 10.2. The summed E-state index contributed by atoms with van der Waals surface area (Å²) in [5, 5.41) is 0.733. The highest BCUT2D eigenvalue weighted by atomic mass is 35.5. The summed E-state index contributed by atoms with van der Waals surface area (Å²) in [6.07, 6.45) is 0. The van der Waals surface area contributed by atoms with Crippen molar-refractivity contribution in [2.45, 2.75) is 6.92 Å². The minimum Gasteiger partial charge on any atom is -0.456 e. The van der Waals surface area contributed by atoms with Gasteiger partial charge in [0.15, 0.2) is 5.76 Å². The molecule has 2 heterocycles. The number of rotatable bonds is 2. The van der Waals surface area contributed by atoms with Crippen LogP contribution in [0.5, 0.6) is 0 Å². The molecular formula is C16H17ClN2O2. The van der Waals surface area contributed by atoms with Gasteiger partial charge in [0.05, 0.1) is 0 Å². The van der Waals surface area contributed by atoms with E-state index in [1.165, 1.54) is 0 Å². The van der Waals surface area contributed by atoms with E-state index in [4.69, 9.17) is 16.0 Å². The van der Waals surface area contributed by atoms with E-state index in [0.29, 0.717) is 18.8 Å². The Kier molecular flexibility index (Phi) is 3.88. The first-order valence-corrected chi connectivity index (χ1v) is 7.37. The van der Waals surface area contributed by atoms with Crippen LogP contribution in [0.15, 0.2) is 40.8 Å². The van der Waals surface area contributed by atoms with Crippen LogP contribution in [-0.2, 0) is 0 Å².